The molecule has 0 atom stereocenters. The second-order valence-corrected chi connectivity index (χ2v) is 6.96. The predicted octanol–water partition coefficient (Wildman–Crippen LogP) is 2.94. The number of carbonyl (C=O) groups is 1. The molecule has 0 amide bonds. The van der Waals surface area contributed by atoms with Crippen LogP contribution in [-0.4, -0.2) is 25.8 Å². The van der Waals surface area contributed by atoms with Crippen LogP contribution in [0.1, 0.15) is 39.9 Å². The maximum atomic E-state index is 11.8. The molecule has 96 valence electrons. The van der Waals surface area contributed by atoms with Gasteiger partial charge in [0.2, 0.25) is 0 Å². The van der Waals surface area contributed by atoms with Crippen molar-refractivity contribution < 1.29 is 4.79 Å². The van der Waals surface area contributed by atoms with Gasteiger partial charge in [-0.05, 0) is 6.42 Å². The van der Waals surface area contributed by atoms with Gasteiger partial charge in [0.15, 0.2) is 0 Å². The second-order valence-electron chi connectivity index (χ2n) is 5.15. The first-order valence-electron chi connectivity index (χ1n) is 6.08. The van der Waals surface area contributed by atoms with Crippen molar-refractivity contribution in [2.24, 2.45) is 0 Å². The summed E-state index contributed by atoms with van der Waals surface area (Å²) in [6.07, 6.45) is 5.24. The van der Waals surface area contributed by atoms with Crippen molar-refractivity contribution in [3.8, 4) is 0 Å². The molecule has 1 aromatic rings. The van der Waals surface area contributed by atoms with Crippen molar-refractivity contribution in [1.82, 2.24) is 9.55 Å². The van der Waals surface area contributed by atoms with Gasteiger partial charge in [-0.15, -0.1) is 11.8 Å². The Labute approximate surface area is 108 Å². The summed E-state index contributed by atoms with van der Waals surface area (Å²) in [5.41, 5.74) is 0. The maximum Gasteiger partial charge on any atom is 0.150 e. The number of aryl methyl sites for hydroxylation is 1. The van der Waals surface area contributed by atoms with E-state index < -0.39 is 0 Å². The Morgan fingerprint density at radius 2 is 2.18 bits per heavy atom. The van der Waals surface area contributed by atoms with E-state index in [1.807, 2.05) is 6.20 Å². The van der Waals surface area contributed by atoms with Crippen LogP contribution in [0, 0.1) is 0 Å². The summed E-state index contributed by atoms with van der Waals surface area (Å²) in [5.74, 6) is 1.72. The lowest BCUT2D eigenvalue weighted by molar-refractivity contribution is -0.116. The Kier molecular flexibility index (Phi) is 5.25. The fraction of sp³-hybridized carbons (Fsp3) is 0.692. The molecular weight excluding hydrogens is 232 g/mol. The number of carbonyl (C=O) groups excluding carboxylic acids is 1. The zero-order valence-corrected chi connectivity index (χ0v) is 12.0. The third-order valence-corrected chi connectivity index (χ3v) is 3.62. The molecule has 0 bridgehead atoms. The van der Waals surface area contributed by atoms with E-state index in [4.69, 9.17) is 0 Å². The standard InChI is InChI=1S/C13H22N2OS/c1-5-7-15-8-6-14-12(15)9-11(16)10-17-13(2,3)4/h6,8H,5,7,9-10H2,1-4H3. The highest BCUT2D eigenvalue weighted by Crippen LogP contribution is 2.23. The van der Waals surface area contributed by atoms with Crippen LogP contribution in [0.3, 0.4) is 0 Å². The molecule has 0 radical (unpaired) electrons. The third-order valence-electron chi connectivity index (χ3n) is 2.29. The number of aromatic nitrogens is 2. The Bertz CT molecular complexity index is 366. The molecule has 0 fully saturated rings. The SMILES string of the molecule is CCCn1ccnc1CC(=O)CSC(C)(C)C. The van der Waals surface area contributed by atoms with Crippen LogP contribution >= 0.6 is 11.8 Å². The molecule has 0 aliphatic heterocycles. The lowest BCUT2D eigenvalue weighted by atomic mass is 10.3. The highest BCUT2D eigenvalue weighted by Gasteiger charge is 2.15. The van der Waals surface area contributed by atoms with Crippen molar-refractivity contribution in [2.75, 3.05) is 5.75 Å². The van der Waals surface area contributed by atoms with E-state index in [0.717, 1.165) is 18.8 Å². The summed E-state index contributed by atoms with van der Waals surface area (Å²) >= 11 is 1.70. The lowest BCUT2D eigenvalue weighted by Crippen LogP contribution is -2.16. The van der Waals surface area contributed by atoms with Crippen molar-refractivity contribution in [3.05, 3.63) is 18.2 Å². The van der Waals surface area contributed by atoms with E-state index in [0.29, 0.717) is 12.2 Å². The zero-order chi connectivity index (χ0) is 12.9. The number of imidazole rings is 1. The smallest absolute Gasteiger partial charge is 0.150 e. The average Bonchev–Trinajstić information content (AvgIpc) is 2.63. The predicted molar refractivity (Wildman–Crippen MR) is 73.4 cm³/mol. The van der Waals surface area contributed by atoms with Crippen molar-refractivity contribution in [2.45, 2.75) is 51.8 Å². The summed E-state index contributed by atoms with van der Waals surface area (Å²) in [6.45, 7) is 9.45. The Balaban J connectivity index is 2.47. The molecular formula is C13H22N2OS. The van der Waals surface area contributed by atoms with E-state index >= 15 is 0 Å². The van der Waals surface area contributed by atoms with Crippen molar-refractivity contribution in [3.63, 3.8) is 0 Å². The summed E-state index contributed by atoms with van der Waals surface area (Å²) in [6, 6.07) is 0. The molecule has 0 N–H and O–H groups in total. The largest absolute Gasteiger partial charge is 0.335 e. The molecule has 0 aliphatic rings. The first kappa shape index (κ1) is 14.3. The number of rotatable bonds is 6. The van der Waals surface area contributed by atoms with Crippen LogP contribution in [0.15, 0.2) is 12.4 Å². The molecule has 3 nitrogen and oxygen atoms in total. The van der Waals surface area contributed by atoms with Gasteiger partial charge < -0.3 is 4.57 Å². The van der Waals surface area contributed by atoms with Crippen LogP contribution < -0.4 is 0 Å². The fourth-order valence-corrected chi connectivity index (χ4v) is 2.17. The minimum atomic E-state index is 0.147. The molecule has 1 heterocycles. The number of hydrogen-bond donors (Lipinski definition) is 0. The van der Waals surface area contributed by atoms with E-state index in [9.17, 15) is 4.79 Å². The van der Waals surface area contributed by atoms with Gasteiger partial charge in [-0.3, -0.25) is 4.79 Å². The molecule has 1 rings (SSSR count). The molecule has 17 heavy (non-hydrogen) atoms. The van der Waals surface area contributed by atoms with Crippen LogP contribution in [0.4, 0.5) is 0 Å². The lowest BCUT2D eigenvalue weighted by Gasteiger charge is -2.16. The number of thioether (sulfide) groups is 1. The number of ketones is 1. The van der Waals surface area contributed by atoms with Gasteiger partial charge in [-0.1, -0.05) is 27.7 Å². The molecule has 4 heteroatoms. The molecule has 0 saturated heterocycles. The maximum absolute atomic E-state index is 11.8. The molecule has 0 aliphatic carbocycles. The number of nitrogens with zero attached hydrogens (tertiary/aromatic N) is 2. The van der Waals surface area contributed by atoms with E-state index in [1.165, 1.54) is 0 Å². The van der Waals surface area contributed by atoms with Gasteiger partial charge in [0.05, 0.1) is 12.2 Å². The van der Waals surface area contributed by atoms with E-state index in [2.05, 4.69) is 37.2 Å². The molecule has 0 aromatic carbocycles. The third kappa shape index (κ3) is 5.39. The fourth-order valence-electron chi connectivity index (χ4n) is 1.48. The normalized spacial score (nSPS) is 11.8. The van der Waals surface area contributed by atoms with Gasteiger partial charge in [-0.2, -0.15) is 0 Å². The van der Waals surface area contributed by atoms with Crippen LogP contribution in [0.25, 0.3) is 0 Å². The molecule has 0 saturated carbocycles. The Morgan fingerprint density at radius 3 is 2.76 bits per heavy atom. The van der Waals surface area contributed by atoms with E-state index in [-0.39, 0.29) is 10.5 Å². The first-order valence-corrected chi connectivity index (χ1v) is 7.06. The topological polar surface area (TPSA) is 34.9 Å². The van der Waals surface area contributed by atoms with Crippen LogP contribution in [0.2, 0.25) is 0 Å². The second kappa shape index (κ2) is 6.24. The zero-order valence-electron chi connectivity index (χ0n) is 11.2. The monoisotopic (exact) mass is 254 g/mol. The summed E-state index contributed by atoms with van der Waals surface area (Å²) < 4.78 is 2.22. The summed E-state index contributed by atoms with van der Waals surface area (Å²) in [7, 11) is 0. The van der Waals surface area contributed by atoms with Gasteiger partial charge in [0.1, 0.15) is 11.6 Å². The van der Waals surface area contributed by atoms with Crippen molar-refractivity contribution in [1.29, 1.82) is 0 Å². The first-order chi connectivity index (χ1) is 7.92. The number of Topliss-reactive ketones (excluding diaryl/α,β-unsaturated/α-hetero) is 1. The highest BCUT2D eigenvalue weighted by atomic mass is 32.2. The number of hydrogen-bond acceptors (Lipinski definition) is 3. The molecule has 1 aromatic heterocycles. The average molecular weight is 254 g/mol. The van der Waals surface area contributed by atoms with Gasteiger partial charge >= 0.3 is 0 Å². The Morgan fingerprint density at radius 1 is 1.47 bits per heavy atom. The molecule has 0 unspecified atom stereocenters. The van der Waals surface area contributed by atoms with Crippen molar-refractivity contribution >= 4 is 17.5 Å². The van der Waals surface area contributed by atoms with Crippen LogP contribution in [-0.2, 0) is 17.8 Å². The minimum absolute atomic E-state index is 0.147. The van der Waals surface area contributed by atoms with Gasteiger partial charge in [0.25, 0.3) is 0 Å². The van der Waals surface area contributed by atoms with Crippen LogP contribution in [0.5, 0.6) is 0 Å². The minimum Gasteiger partial charge on any atom is -0.335 e. The summed E-state index contributed by atoms with van der Waals surface area (Å²) in [5, 5.41) is 0. The highest BCUT2D eigenvalue weighted by molar-refractivity contribution is 8.01. The molecule has 0 spiro atoms. The quantitative estimate of drug-likeness (QED) is 0.783. The van der Waals surface area contributed by atoms with Gasteiger partial charge in [-0.25, -0.2) is 4.98 Å². The summed E-state index contributed by atoms with van der Waals surface area (Å²) in [4.78, 5) is 16.1. The van der Waals surface area contributed by atoms with E-state index in [1.54, 1.807) is 18.0 Å². The Hall–Kier alpha value is -0.770. The van der Waals surface area contributed by atoms with Gasteiger partial charge in [0, 0.05) is 23.7 Å².